The summed E-state index contributed by atoms with van der Waals surface area (Å²) in [7, 11) is 0. The maximum Gasteiger partial charge on any atom is 0.176 e. The molecule has 0 aliphatic rings. The first kappa shape index (κ1) is 12.9. The lowest BCUT2D eigenvalue weighted by molar-refractivity contribution is 0.783. The molecule has 20 heavy (non-hydrogen) atoms. The van der Waals surface area contributed by atoms with E-state index >= 15 is 0 Å². The summed E-state index contributed by atoms with van der Waals surface area (Å²) in [6.45, 7) is 3.37. The first-order valence-electron chi connectivity index (χ1n) is 6.41. The van der Waals surface area contributed by atoms with Crippen LogP contribution in [0.4, 0.5) is 0 Å². The Bertz CT molecular complexity index is 785. The van der Waals surface area contributed by atoms with Crippen LogP contribution in [0, 0.1) is 0 Å². The van der Waals surface area contributed by atoms with Gasteiger partial charge in [-0.1, -0.05) is 23.7 Å². The van der Waals surface area contributed by atoms with Gasteiger partial charge in [-0.3, -0.25) is 4.99 Å². The number of aromatic amines is 1. The molecule has 2 aromatic heterocycles. The summed E-state index contributed by atoms with van der Waals surface area (Å²) < 4.78 is 1.99. The number of fused-ring (bicyclic) bond motifs is 1. The zero-order chi connectivity index (χ0) is 13.9. The Kier molecular flexibility index (Phi) is 3.52. The largest absolute Gasteiger partial charge is 0.340 e. The number of hydrogen-bond donors (Lipinski definition) is 1. The molecular weight excluding hydrogens is 274 g/mol. The van der Waals surface area contributed by atoms with E-state index in [1.54, 1.807) is 12.7 Å². The molecule has 2 heterocycles. The van der Waals surface area contributed by atoms with Gasteiger partial charge < -0.3 is 9.55 Å². The van der Waals surface area contributed by atoms with Gasteiger partial charge in [-0.25, -0.2) is 9.97 Å². The van der Waals surface area contributed by atoms with Crippen molar-refractivity contribution in [3.63, 3.8) is 0 Å². The Morgan fingerprint density at radius 1 is 1.25 bits per heavy atom. The van der Waals surface area contributed by atoms with Crippen molar-refractivity contribution in [2.45, 2.75) is 13.5 Å². The second kappa shape index (κ2) is 5.46. The molecule has 5 nitrogen and oxygen atoms in total. The molecule has 0 unspecified atom stereocenters. The molecule has 1 aromatic carbocycles. The number of hydrogen-bond acceptors (Lipinski definition) is 3. The monoisotopic (exact) mass is 287 g/mol. The Morgan fingerprint density at radius 2 is 2.05 bits per heavy atom. The van der Waals surface area contributed by atoms with E-state index in [0.717, 1.165) is 21.7 Å². The van der Waals surface area contributed by atoms with Crippen LogP contribution in [0.25, 0.3) is 11.2 Å². The number of rotatable bonds is 3. The quantitative estimate of drug-likeness (QED) is 0.804. The number of halogens is 1. The maximum atomic E-state index is 5.90. The maximum absolute atomic E-state index is 5.90. The van der Waals surface area contributed by atoms with Crippen molar-refractivity contribution >= 4 is 22.8 Å². The smallest absolute Gasteiger partial charge is 0.176 e. The van der Waals surface area contributed by atoms with Crippen LogP contribution >= 0.6 is 11.6 Å². The van der Waals surface area contributed by atoms with E-state index in [2.05, 4.69) is 19.9 Å². The normalized spacial score (nSPS) is 12.2. The minimum atomic E-state index is 0.692. The molecular formula is C14H14ClN5. The Balaban J connectivity index is 2.04. The molecule has 0 spiro atoms. The molecule has 3 aromatic rings. The molecule has 6 heteroatoms. The van der Waals surface area contributed by atoms with Crippen LogP contribution in [0.15, 0.2) is 41.9 Å². The molecule has 0 saturated heterocycles. The van der Waals surface area contributed by atoms with Gasteiger partial charge in [0.15, 0.2) is 11.1 Å². The standard InChI is InChI=1S/C14H14ClN5/c1-2-16-13-12-14(18-8-17-12)20(9-19-13)7-10-3-5-11(15)6-4-10/h3-6,8-9H,2,7H2,1H3,(H,17,18). The number of nitrogens with one attached hydrogen (secondary N) is 1. The van der Waals surface area contributed by atoms with Crippen molar-refractivity contribution in [2.75, 3.05) is 6.54 Å². The third-order valence-electron chi connectivity index (χ3n) is 3.01. The molecule has 0 aliphatic heterocycles. The van der Waals surface area contributed by atoms with E-state index < -0.39 is 0 Å². The fraction of sp³-hybridized carbons (Fsp3) is 0.214. The third-order valence-corrected chi connectivity index (χ3v) is 3.26. The zero-order valence-corrected chi connectivity index (χ0v) is 11.8. The average Bonchev–Trinajstić information content (AvgIpc) is 2.94. The van der Waals surface area contributed by atoms with Crippen LogP contribution in [0.3, 0.4) is 0 Å². The molecule has 0 bridgehead atoms. The van der Waals surface area contributed by atoms with Gasteiger partial charge in [0, 0.05) is 11.6 Å². The summed E-state index contributed by atoms with van der Waals surface area (Å²) in [6.07, 6.45) is 3.44. The van der Waals surface area contributed by atoms with E-state index in [4.69, 9.17) is 11.6 Å². The van der Waals surface area contributed by atoms with Gasteiger partial charge in [-0.05, 0) is 24.6 Å². The second-order valence-electron chi connectivity index (χ2n) is 4.40. The fourth-order valence-corrected chi connectivity index (χ4v) is 2.21. The molecule has 0 radical (unpaired) electrons. The highest BCUT2D eigenvalue weighted by Gasteiger charge is 2.05. The van der Waals surface area contributed by atoms with Gasteiger partial charge in [0.05, 0.1) is 19.2 Å². The van der Waals surface area contributed by atoms with Gasteiger partial charge >= 0.3 is 0 Å². The van der Waals surface area contributed by atoms with Crippen molar-refractivity contribution in [1.82, 2.24) is 19.5 Å². The highest BCUT2D eigenvalue weighted by atomic mass is 35.5. The van der Waals surface area contributed by atoms with Crippen LogP contribution in [0.1, 0.15) is 12.5 Å². The summed E-state index contributed by atoms with van der Waals surface area (Å²) in [5.74, 6) is 0. The minimum absolute atomic E-state index is 0.692. The van der Waals surface area contributed by atoms with Crippen molar-refractivity contribution in [3.8, 4) is 0 Å². The van der Waals surface area contributed by atoms with Gasteiger partial charge in [-0.15, -0.1) is 0 Å². The predicted molar refractivity (Wildman–Crippen MR) is 78.5 cm³/mol. The van der Waals surface area contributed by atoms with Gasteiger partial charge in [0.2, 0.25) is 0 Å². The molecule has 0 aliphatic carbocycles. The summed E-state index contributed by atoms with van der Waals surface area (Å²) in [6, 6.07) is 7.76. The van der Waals surface area contributed by atoms with Gasteiger partial charge in [-0.2, -0.15) is 0 Å². The summed E-state index contributed by atoms with van der Waals surface area (Å²) in [5.41, 5.74) is 3.56. The lowest BCUT2D eigenvalue weighted by atomic mass is 10.2. The SMILES string of the molecule is CCN=c1ncn(Cc2ccc(Cl)cc2)c2nc[nH]c12. The van der Waals surface area contributed by atoms with Gasteiger partial charge in [0.25, 0.3) is 0 Å². The highest BCUT2D eigenvalue weighted by molar-refractivity contribution is 6.30. The van der Waals surface area contributed by atoms with Gasteiger partial charge in [0.1, 0.15) is 5.52 Å². The Labute approximate surface area is 121 Å². The second-order valence-corrected chi connectivity index (χ2v) is 4.83. The highest BCUT2D eigenvalue weighted by Crippen LogP contribution is 2.12. The molecule has 1 N–H and O–H groups in total. The number of benzene rings is 1. The first-order chi connectivity index (χ1) is 9.78. The number of H-pyrrole nitrogens is 1. The molecule has 0 atom stereocenters. The summed E-state index contributed by atoms with van der Waals surface area (Å²) in [5, 5.41) is 0.735. The number of imidazole rings is 1. The van der Waals surface area contributed by atoms with Crippen LogP contribution in [0.5, 0.6) is 0 Å². The first-order valence-corrected chi connectivity index (χ1v) is 6.79. The van der Waals surface area contributed by atoms with E-state index in [9.17, 15) is 0 Å². The van der Waals surface area contributed by atoms with Crippen molar-refractivity contribution in [2.24, 2.45) is 4.99 Å². The Morgan fingerprint density at radius 3 is 2.80 bits per heavy atom. The summed E-state index contributed by atoms with van der Waals surface area (Å²) in [4.78, 5) is 16.2. The molecule has 102 valence electrons. The predicted octanol–water partition coefficient (Wildman–Crippen LogP) is 2.38. The number of aromatic nitrogens is 4. The average molecular weight is 288 g/mol. The summed E-state index contributed by atoms with van der Waals surface area (Å²) >= 11 is 5.90. The molecule has 0 fully saturated rings. The number of nitrogens with zero attached hydrogens (tertiary/aromatic N) is 4. The molecule has 0 amide bonds. The van der Waals surface area contributed by atoms with E-state index in [-0.39, 0.29) is 0 Å². The van der Waals surface area contributed by atoms with E-state index in [0.29, 0.717) is 18.6 Å². The molecule has 0 saturated carbocycles. The van der Waals surface area contributed by atoms with Crippen LogP contribution in [-0.4, -0.2) is 26.1 Å². The van der Waals surface area contributed by atoms with Crippen LogP contribution in [-0.2, 0) is 6.54 Å². The zero-order valence-electron chi connectivity index (χ0n) is 11.0. The van der Waals surface area contributed by atoms with E-state index in [1.807, 2.05) is 35.8 Å². The van der Waals surface area contributed by atoms with Crippen molar-refractivity contribution in [3.05, 3.63) is 53.0 Å². The lowest BCUT2D eigenvalue weighted by Crippen LogP contribution is -2.15. The lowest BCUT2D eigenvalue weighted by Gasteiger charge is -2.07. The molecule has 3 rings (SSSR count). The van der Waals surface area contributed by atoms with E-state index in [1.165, 1.54) is 0 Å². The Hall–Kier alpha value is -2.14. The van der Waals surface area contributed by atoms with Crippen molar-refractivity contribution in [1.29, 1.82) is 0 Å². The third kappa shape index (κ3) is 2.44. The van der Waals surface area contributed by atoms with Crippen molar-refractivity contribution < 1.29 is 0 Å². The van der Waals surface area contributed by atoms with Crippen LogP contribution < -0.4 is 5.49 Å². The minimum Gasteiger partial charge on any atom is -0.340 e. The fourth-order valence-electron chi connectivity index (χ4n) is 2.08. The topological polar surface area (TPSA) is 58.9 Å². The van der Waals surface area contributed by atoms with Crippen LogP contribution in [0.2, 0.25) is 5.02 Å².